The lowest BCUT2D eigenvalue weighted by atomic mass is 10.0. The normalized spacial score (nSPS) is 13.0. The van der Waals surface area contributed by atoms with Gasteiger partial charge < -0.3 is 15.2 Å². The van der Waals surface area contributed by atoms with Gasteiger partial charge in [0.15, 0.2) is 6.29 Å². The molecule has 0 saturated heterocycles. The highest BCUT2D eigenvalue weighted by molar-refractivity contribution is 5.27. The van der Waals surface area contributed by atoms with Crippen LogP contribution in [0.3, 0.4) is 0 Å². The molecule has 1 unspecified atom stereocenters. The molecule has 0 saturated carbocycles. The van der Waals surface area contributed by atoms with Gasteiger partial charge in [0.25, 0.3) is 0 Å². The molecule has 1 atom stereocenters. The largest absolute Gasteiger partial charge is 0.351 e. The molecule has 1 aromatic carbocycles. The van der Waals surface area contributed by atoms with Gasteiger partial charge in [-0.05, 0) is 50.5 Å². The summed E-state index contributed by atoms with van der Waals surface area (Å²) in [6, 6.07) is 4.43. The fraction of sp³-hybridized carbons (Fsp3) is 0.571. The Morgan fingerprint density at radius 1 is 1.22 bits per heavy atom. The summed E-state index contributed by atoms with van der Waals surface area (Å²) in [7, 11) is 0. The first kappa shape index (κ1) is 15.1. The molecule has 0 aliphatic rings. The highest BCUT2D eigenvalue weighted by atomic mass is 19.1. The van der Waals surface area contributed by atoms with Crippen molar-refractivity contribution in [1.29, 1.82) is 0 Å². The van der Waals surface area contributed by atoms with Crippen LogP contribution in [0.4, 0.5) is 4.39 Å². The van der Waals surface area contributed by atoms with E-state index >= 15 is 0 Å². The smallest absolute Gasteiger partial charge is 0.172 e. The third-order valence-electron chi connectivity index (χ3n) is 2.78. The van der Waals surface area contributed by atoms with Gasteiger partial charge in [0.05, 0.1) is 6.04 Å². The van der Waals surface area contributed by atoms with Crippen LogP contribution in [0.1, 0.15) is 25.0 Å². The van der Waals surface area contributed by atoms with E-state index in [-0.39, 0.29) is 11.9 Å². The Labute approximate surface area is 108 Å². The van der Waals surface area contributed by atoms with Crippen molar-refractivity contribution in [3.8, 4) is 0 Å². The topological polar surface area (TPSA) is 44.5 Å². The van der Waals surface area contributed by atoms with Crippen LogP contribution in [0, 0.1) is 12.7 Å². The quantitative estimate of drug-likeness (QED) is 0.761. The molecule has 0 radical (unpaired) electrons. The number of hydrogen-bond acceptors (Lipinski definition) is 3. The maximum atomic E-state index is 13.2. The van der Waals surface area contributed by atoms with E-state index in [2.05, 4.69) is 0 Å². The van der Waals surface area contributed by atoms with Crippen LogP contribution in [-0.2, 0) is 15.9 Å². The minimum absolute atomic E-state index is 0.243. The maximum absolute atomic E-state index is 13.2. The van der Waals surface area contributed by atoms with Crippen molar-refractivity contribution >= 4 is 0 Å². The zero-order chi connectivity index (χ0) is 13.5. The maximum Gasteiger partial charge on any atom is 0.172 e. The minimum Gasteiger partial charge on any atom is -0.351 e. The monoisotopic (exact) mass is 255 g/mol. The zero-order valence-corrected chi connectivity index (χ0v) is 11.3. The van der Waals surface area contributed by atoms with Gasteiger partial charge in [-0.1, -0.05) is 6.07 Å². The van der Waals surface area contributed by atoms with Crippen molar-refractivity contribution in [1.82, 2.24) is 0 Å². The van der Waals surface area contributed by atoms with E-state index in [1.165, 1.54) is 12.1 Å². The van der Waals surface area contributed by atoms with Crippen LogP contribution in [0.15, 0.2) is 18.2 Å². The predicted octanol–water partition coefficient (Wildman–Crippen LogP) is 2.40. The first-order valence-corrected chi connectivity index (χ1v) is 6.32. The average Bonchev–Trinajstić information content (AvgIpc) is 2.33. The first-order valence-electron chi connectivity index (χ1n) is 6.32. The number of nitrogens with two attached hydrogens (primary N) is 1. The van der Waals surface area contributed by atoms with Crippen molar-refractivity contribution in [2.75, 3.05) is 13.2 Å². The van der Waals surface area contributed by atoms with Crippen LogP contribution >= 0.6 is 0 Å². The molecule has 0 aromatic heterocycles. The highest BCUT2D eigenvalue weighted by Crippen LogP contribution is 2.14. The molecular weight excluding hydrogens is 233 g/mol. The molecule has 4 heteroatoms. The highest BCUT2D eigenvalue weighted by Gasteiger charge is 2.19. The lowest BCUT2D eigenvalue weighted by Gasteiger charge is -2.24. The van der Waals surface area contributed by atoms with E-state index in [4.69, 9.17) is 15.2 Å². The van der Waals surface area contributed by atoms with E-state index in [0.29, 0.717) is 19.6 Å². The number of rotatable bonds is 7. The molecule has 1 aromatic rings. The Bertz CT molecular complexity index is 365. The first-order chi connectivity index (χ1) is 8.58. The fourth-order valence-electron chi connectivity index (χ4n) is 1.83. The van der Waals surface area contributed by atoms with Crippen LogP contribution in [0.5, 0.6) is 0 Å². The van der Waals surface area contributed by atoms with Gasteiger partial charge >= 0.3 is 0 Å². The van der Waals surface area contributed by atoms with Crippen LogP contribution < -0.4 is 5.73 Å². The van der Waals surface area contributed by atoms with Gasteiger partial charge in [0.2, 0.25) is 0 Å². The molecule has 102 valence electrons. The summed E-state index contributed by atoms with van der Waals surface area (Å²) in [5.41, 5.74) is 7.99. The van der Waals surface area contributed by atoms with E-state index in [1.807, 2.05) is 20.8 Å². The summed E-state index contributed by atoms with van der Waals surface area (Å²) in [5, 5.41) is 0. The van der Waals surface area contributed by atoms with Crippen LogP contribution in [-0.4, -0.2) is 25.5 Å². The van der Waals surface area contributed by atoms with E-state index in [1.54, 1.807) is 6.07 Å². The molecule has 1 rings (SSSR count). The summed E-state index contributed by atoms with van der Waals surface area (Å²) in [6.07, 6.45) is 0.0940. The van der Waals surface area contributed by atoms with Gasteiger partial charge in [0, 0.05) is 13.2 Å². The molecule has 3 nitrogen and oxygen atoms in total. The number of aryl methyl sites for hydroxylation is 1. The summed E-state index contributed by atoms with van der Waals surface area (Å²) >= 11 is 0. The van der Waals surface area contributed by atoms with Gasteiger partial charge in [-0.2, -0.15) is 0 Å². The summed E-state index contributed by atoms with van der Waals surface area (Å²) in [5.74, 6) is -0.243. The van der Waals surface area contributed by atoms with Crippen molar-refractivity contribution in [3.63, 3.8) is 0 Å². The third kappa shape index (κ3) is 4.37. The Kier molecular flexibility index (Phi) is 6.25. The Balaban J connectivity index is 2.71. The van der Waals surface area contributed by atoms with Gasteiger partial charge in [-0.25, -0.2) is 4.39 Å². The SMILES string of the molecule is CCOC(OCC)C(N)Cc1cc(F)ccc1C. The van der Waals surface area contributed by atoms with E-state index in [0.717, 1.165) is 11.1 Å². The Hall–Kier alpha value is -0.970. The molecule has 0 fully saturated rings. The molecule has 0 bridgehead atoms. The molecule has 0 aliphatic heterocycles. The average molecular weight is 255 g/mol. The fourth-order valence-corrected chi connectivity index (χ4v) is 1.83. The second-order valence-electron chi connectivity index (χ2n) is 4.22. The summed E-state index contributed by atoms with van der Waals surface area (Å²) in [6.45, 7) is 6.82. The second kappa shape index (κ2) is 7.46. The van der Waals surface area contributed by atoms with E-state index in [9.17, 15) is 4.39 Å². The summed E-state index contributed by atoms with van der Waals surface area (Å²) < 4.78 is 24.1. The molecule has 2 N–H and O–H groups in total. The van der Waals surface area contributed by atoms with Gasteiger partial charge in [-0.3, -0.25) is 0 Å². The lowest BCUT2D eigenvalue weighted by molar-refractivity contribution is -0.148. The van der Waals surface area contributed by atoms with Gasteiger partial charge in [0.1, 0.15) is 5.82 Å². The van der Waals surface area contributed by atoms with Crippen molar-refractivity contribution in [3.05, 3.63) is 35.1 Å². The van der Waals surface area contributed by atoms with Crippen molar-refractivity contribution < 1.29 is 13.9 Å². The van der Waals surface area contributed by atoms with Crippen LogP contribution in [0.25, 0.3) is 0 Å². The van der Waals surface area contributed by atoms with Crippen molar-refractivity contribution in [2.45, 2.75) is 39.5 Å². The molecule has 18 heavy (non-hydrogen) atoms. The zero-order valence-electron chi connectivity index (χ0n) is 11.3. The molecule has 0 heterocycles. The molecule has 0 spiro atoms. The number of ether oxygens (including phenoxy) is 2. The van der Waals surface area contributed by atoms with Crippen LogP contribution in [0.2, 0.25) is 0 Å². The van der Waals surface area contributed by atoms with Crippen molar-refractivity contribution in [2.24, 2.45) is 5.73 Å². The molecule has 0 aliphatic carbocycles. The minimum atomic E-state index is -0.442. The number of halogens is 1. The lowest BCUT2D eigenvalue weighted by Crippen LogP contribution is -2.40. The molecule has 0 amide bonds. The summed E-state index contributed by atoms with van der Waals surface area (Å²) in [4.78, 5) is 0. The number of benzene rings is 1. The Morgan fingerprint density at radius 2 is 1.83 bits per heavy atom. The Morgan fingerprint density at radius 3 is 2.39 bits per heavy atom. The molecular formula is C14H22FNO2. The van der Waals surface area contributed by atoms with Gasteiger partial charge in [-0.15, -0.1) is 0 Å². The second-order valence-corrected chi connectivity index (χ2v) is 4.22. The third-order valence-corrected chi connectivity index (χ3v) is 2.78. The number of hydrogen-bond donors (Lipinski definition) is 1. The standard InChI is InChI=1S/C14H22FNO2/c1-4-17-14(18-5-2)13(16)9-11-8-12(15)7-6-10(11)3/h6-8,13-14H,4-5,9,16H2,1-3H3. The predicted molar refractivity (Wildman–Crippen MR) is 69.9 cm³/mol. The van der Waals surface area contributed by atoms with E-state index < -0.39 is 6.29 Å².